The van der Waals surface area contributed by atoms with Gasteiger partial charge in [0.1, 0.15) is 5.52 Å². The molecule has 0 bridgehead atoms. The third-order valence-corrected chi connectivity index (χ3v) is 6.30. The summed E-state index contributed by atoms with van der Waals surface area (Å²) in [5, 5.41) is 12.0. The fourth-order valence-corrected chi connectivity index (χ4v) is 4.34. The van der Waals surface area contributed by atoms with Crippen molar-refractivity contribution in [2.45, 2.75) is 12.5 Å². The van der Waals surface area contributed by atoms with E-state index in [9.17, 15) is 18.7 Å². The van der Waals surface area contributed by atoms with Gasteiger partial charge >= 0.3 is 6.09 Å². The number of nitrogens with zero attached hydrogens (tertiary/aromatic N) is 7. The van der Waals surface area contributed by atoms with Gasteiger partial charge in [0.05, 0.1) is 29.9 Å². The van der Waals surface area contributed by atoms with Gasteiger partial charge in [-0.05, 0) is 25.6 Å². The molecule has 0 spiro atoms. The van der Waals surface area contributed by atoms with E-state index in [0.717, 1.165) is 13.1 Å². The number of likely N-dealkylation sites (N-methyl/N-ethyl adjacent to an activating group) is 1. The third kappa shape index (κ3) is 4.01. The Morgan fingerprint density at radius 1 is 1.12 bits per heavy atom. The number of rotatable bonds is 4. The van der Waals surface area contributed by atoms with Crippen molar-refractivity contribution in [2.75, 3.05) is 56.5 Å². The molecule has 2 N–H and O–H groups in total. The van der Waals surface area contributed by atoms with Crippen LogP contribution in [-0.4, -0.2) is 86.8 Å². The number of carboxylic acid groups (broad SMARTS) is 1. The molecule has 10 nitrogen and oxygen atoms in total. The second-order valence-electron chi connectivity index (χ2n) is 8.40. The van der Waals surface area contributed by atoms with E-state index in [1.807, 2.05) is 11.9 Å². The molecule has 0 saturated carbocycles. The quantitative estimate of drug-likeness (QED) is 0.615. The molecule has 1 unspecified atom stereocenters. The number of carbonyl (C=O) groups is 1. The van der Waals surface area contributed by atoms with Crippen LogP contribution in [0, 0.1) is 11.6 Å². The van der Waals surface area contributed by atoms with Crippen molar-refractivity contribution in [3.63, 3.8) is 0 Å². The fourth-order valence-electron chi connectivity index (χ4n) is 4.34. The highest BCUT2D eigenvalue weighted by molar-refractivity contribution is 5.72. The molecular formula is C21H24F2N8O2. The lowest BCUT2D eigenvalue weighted by Crippen LogP contribution is -2.44. The van der Waals surface area contributed by atoms with Crippen molar-refractivity contribution in [1.82, 2.24) is 29.3 Å². The highest BCUT2D eigenvalue weighted by Gasteiger charge is 2.28. The van der Waals surface area contributed by atoms with Crippen LogP contribution in [-0.2, 0) is 0 Å². The topological polar surface area (TPSA) is 103 Å². The zero-order valence-electron chi connectivity index (χ0n) is 18.1. The molecule has 4 heterocycles. The Hall–Kier alpha value is -3.54. The second-order valence-corrected chi connectivity index (χ2v) is 8.40. The largest absolute Gasteiger partial charge is 0.465 e. The molecule has 2 saturated heterocycles. The molecule has 2 aliphatic rings. The third-order valence-electron chi connectivity index (χ3n) is 6.30. The minimum atomic E-state index is -0.989. The van der Waals surface area contributed by atoms with Crippen LogP contribution in [0.25, 0.3) is 11.2 Å². The van der Waals surface area contributed by atoms with E-state index in [1.54, 1.807) is 17.0 Å². The van der Waals surface area contributed by atoms with E-state index in [-0.39, 0.29) is 23.4 Å². The van der Waals surface area contributed by atoms with Crippen LogP contribution in [0.2, 0.25) is 0 Å². The lowest BCUT2D eigenvalue weighted by molar-refractivity contribution is 0.154. The molecule has 2 aromatic heterocycles. The SMILES string of the molecule is CN1CCN(c2ccc(Nc3ncc4ncn(C5CCN(C(=O)O)C5)c4n3)c(F)c2F)CC1. The maximum atomic E-state index is 14.9. The molecule has 0 radical (unpaired) electrons. The average molecular weight is 458 g/mol. The summed E-state index contributed by atoms with van der Waals surface area (Å²) >= 11 is 0. The molecule has 33 heavy (non-hydrogen) atoms. The number of piperazine rings is 1. The number of halogens is 2. The van der Waals surface area contributed by atoms with Crippen molar-refractivity contribution < 1.29 is 18.7 Å². The van der Waals surface area contributed by atoms with Gasteiger partial charge in [-0.15, -0.1) is 0 Å². The standard InChI is InChI=1S/C21H24F2N8O2/c1-28-6-8-29(9-7-28)16-3-2-14(17(22)18(16)23)26-20-24-10-15-19(27-20)31(12-25-15)13-4-5-30(11-13)21(32)33/h2-3,10,12-13H,4-9,11H2,1H3,(H,32,33)(H,24,26,27). The van der Waals surface area contributed by atoms with Gasteiger partial charge < -0.3 is 29.7 Å². The number of imidazole rings is 1. The number of likely N-dealkylation sites (tertiary alicyclic amines) is 1. The molecule has 1 aromatic carbocycles. The molecule has 0 aliphatic carbocycles. The summed E-state index contributed by atoms with van der Waals surface area (Å²) in [6.07, 6.45) is 2.77. The van der Waals surface area contributed by atoms with Crippen LogP contribution in [0.1, 0.15) is 12.5 Å². The molecule has 1 atom stereocenters. The van der Waals surface area contributed by atoms with Crippen LogP contribution in [0.4, 0.5) is 30.9 Å². The molecule has 2 aliphatic heterocycles. The zero-order valence-corrected chi connectivity index (χ0v) is 18.1. The van der Waals surface area contributed by atoms with Crippen molar-refractivity contribution in [3.8, 4) is 0 Å². The summed E-state index contributed by atoms with van der Waals surface area (Å²) in [6.45, 7) is 3.59. The summed E-state index contributed by atoms with van der Waals surface area (Å²) in [6, 6.07) is 2.94. The number of benzene rings is 1. The van der Waals surface area contributed by atoms with Crippen LogP contribution in [0.5, 0.6) is 0 Å². The lowest BCUT2D eigenvalue weighted by atomic mass is 10.2. The van der Waals surface area contributed by atoms with Crippen molar-refractivity contribution >= 4 is 34.6 Å². The first kappa shape index (κ1) is 21.3. The molecule has 5 rings (SSSR count). The summed E-state index contributed by atoms with van der Waals surface area (Å²) < 4.78 is 31.5. The fraction of sp³-hybridized carbons (Fsp3) is 0.429. The Kier molecular flexibility index (Phi) is 5.44. The Labute approximate surface area is 188 Å². The number of hydrogen-bond acceptors (Lipinski definition) is 7. The van der Waals surface area contributed by atoms with Crippen LogP contribution < -0.4 is 10.2 Å². The van der Waals surface area contributed by atoms with Gasteiger partial charge in [-0.3, -0.25) is 0 Å². The van der Waals surface area contributed by atoms with Gasteiger partial charge in [0, 0.05) is 39.3 Å². The molecule has 12 heteroatoms. The molecule has 2 fully saturated rings. The number of hydrogen-bond donors (Lipinski definition) is 2. The predicted molar refractivity (Wildman–Crippen MR) is 118 cm³/mol. The van der Waals surface area contributed by atoms with Crippen molar-refractivity contribution in [3.05, 3.63) is 36.3 Å². The van der Waals surface area contributed by atoms with Gasteiger partial charge in [0.25, 0.3) is 0 Å². The maximum absolute atomic E-state index is 14.9. The lowest BCUT2D eigenvalue weighted by Gasteiger charge is -2.34. The van der Waals surface area contributed by atoms with Gasteiger partial charge in [-0.1, -0.05) is 0 Å². The van der Waals surface area contributed by atoms with Crippen LogP contribution in [0.3, 0.4) is 0 Å². The van der Waals surface area contributed by atoms with E-state index in [1.165, 1.54) is 17.2 Å². The van der Waals surface area contributed by atoms with E-state index in [0.29, 0.717) is 43.8 Å². The average Bonchev–Trinajstić information content (AvgIpc) is 3.45. The smallest absolute Gasteiger partial charge is 0.407 e. The molecule has 174 valence electrons. The normalized spacial score (nSPS) is 19.4. The Balaban J connectivity index is 1.38. The highest BCUT2D eigenvalue weighted by Crippen LogP contribution is 2.30. The number of amides is 1. The molecule has 3 aromatic rings. The molecule has 1 amide bonds. The highest BCUT2D eigenvalue weighted by atomic mass is 19.2. The monoisotopic (exact) mass is 458 g/mol. The predicted octanol–water partition coefficient (Wildman–Crippen LogP) is 2.52. The molecular weight excluding hydrogens is 434 g/mol. The van der Waals surface area contributed by atoms with E-state index >= 15 is 0 Å². The maximum Gasteiger partial charge on any atom is 0.407 e. The minimum absolute atomic E-state index is 0.0614. The van der Waals surface area contributed by atoms with E-state index in [4.69, 9.17) is 0 Å². The summed E-state index contributed by atoms with van der Waals surface area (Å²) in [7, 11) is 2.00. The van der Waals surface area contributed by atoms with Crippen LogP contribution in [0.15, 0.2) is 24.7 Å². The van der Waals surface area contributed by atoms with Crippen LogP contribution >= 0.6 is 0 Å². The van der Waals surface area contributed by atoms with Gasteiger partial charge in [0.2, 0.25) is 5.95 Å². The van der Waals surface area contributed by atoms with Crippen molar-refractivity contribution in [1.29, 1.82) is 0 Å². The summed E-state index contributed by atoms with van der Waals surface area (Å²) in [4.78, 5) is 29.5. The number of fused-ring (bicyclic) bond motifs is 1. The summed E-state index contributed by atoms with van der Waals surface area (Å²) in [5.41, 5.74) is 1.21. The van der Waals surface area contributed by atoms with Gasteiger partial charge in [0.15, 0.2) is 17.3 Å². The first-order valence-electron chi connectivity index (χ1n) is 10.8. The zero-order chi connectivity index (χ0) is 23.1. The first-order valence-corrected chi connectivity index (χ1v) is 10.8. The van der Waals surface area contributed by atoms with E-state index in [2.05, 4.69) is 25.2 Å². The Morgan fingerprint density at radius 3 is 2.64 bits per heavy atom. The van der Waals surface area contributed by atoms with Gasteiger partial charge in [-0.2, -0.15) is 4.98 Å². The Morgan fingerprint density at radius 2 is 1.91 bits per heavy atom. The Bertz CT molecular complexity index is 1190. The summed E-state index contributed by atoms with van der Waals surface area (Å²) in [5.74, 6) is -1.80. The van der Waals surface area contributed by atoms with Gasteiger partial charge in [-0.25, -0.2) is 23.5 Å². The first-order chi connectivity index (χ1) is 15.9. The number of aromatic nitrogens is 4. The van der Waals surface area contributed by atoms with E-state index < -0.39 is 17.7 Å². The number of anilines is 3. The number of nitrogens with one attached hydrogen (secondary N) is 1. The second kappa shape index (κ2) is 8.43. The minimum Gasteiger partial charge on any atom is -0.465 e. The van der Waals surface area contributed by atoms with Crippen molar-refractivity contribution in [2.24, 2.45) is 0 Å².